The van der Waals surface area contributed by atoms with E-state index in [4.69, 9.17) is 4.74 Å². The van der Waals surface area contributed by atoms with Crippen molar-refractivity contribution in [1.29, 1.82) is 0 Å². The first kappa shape index (κ1) is 17.3. The summed E-state index contributed by atoms with van der Waals surface area (Å²) in [6, 6.07) is 9.69. The fourth-order valence-electron chi connectivity index (χ4n) is 3.27. The second kappa shape index (κ2) is 6.07. The van der Waals surface area contributed by atoms with Crippen LogP contribution in [0.5, 0.6) is 5.75 Å². The molecule has 2 aromatic carbocycles. The van der Waals surface area contributed by atoms with Crippen molar-refractivity contribution in [3.8, 4) is 5.75 Å². The number of ether oxygens (including phenoxy) is 1. The Kier molecular flexibility index (Phi) is 4.19. The summed E-state index contributed by atoms with van der Waals surface area (Å²) in [5, 5.41) is 1.35. The van der Waals surface area contributed by atoms with Gasteiger partial charge in [0.1, 0.15) is 5.75 Å². The minimum absolute atomic E-state index is 0.0194. The summed E-state index contributed by atoms with van der Waals surface area (Å²) in [7, 11) is 3.63. The van der Waals surface area contributed by atoms with Crippen molar-refractivity contribution in [3.63, 3.8) is 0 Å². The molecule has 0 saturated carbocycles. The number of aryl methyl sites for hydroxylation is 2. The largest absolute Gasteiger partial charge is 0.496 e. The highest BCUT2D eigenvalue weighted by molar-refractivity contribution is 6.01. The van der Waals surface area contributed by atoms with E-state index >= 15 is 0 Å². The first-order valence-electron chi connectivity index (χ1n) is 8.53. The summed E-state index contributed by atoms with van der Waals surface area (Å²) in [4.78, 5) is 13.2. The van der Waals surface area contributed by atoms with E-state index in [2.05, 4.69) is 44.4 Å². The van der Waals surface area contributed by atoms with E-state index in [1.807, 2.05) is 37.4 Å². The number of nitrogens with zero attached hydrogens (tertiary/aromatic N) is 1. The van der Waals surface area contributed by atoms with Crippen LogP contribution in [0.1, 0.15) is 31.9 Å². The lowest BCUT2D eigenvalue weighted by Gasteiger charge is -2.18. The Labute approximate surface area is 148 Å². The van der Waals surface area contributed by atoms with Gasteiger partial charge in [-0.25, -0.2) is 0 Å². The highest BCUT2D eigenvalue weighted by atomic mass is 16.5. The highest BCUT2D eigenvalue weighted by Crippen LogP contribution is 2.32. The molecule has 0 atom stereocenters. The van der Waals surface area contributed by atoms with Gasteiger partial charge in [0.05, 0.1) is 23.5 Å². The lowest BCUT2D eigenvalue weighted by Crippen LogP contribution is -2.12. The molecule has 3 rings (SSSR count). The molecule has 0 spiro atoms. The number of rotatable bonds is 2. The van der Waals surface area contributed by atoms with Crippen molar-refractivity contribution in [2.75, 3.05) is 7.11 Å². The number of hydrogen-bond donors (Lipinski definition) is 0. The zero-order valence-corrected chi connectivity index (χ0v) is 15.8. The quantitative estimate of drug-likeness (QED) is 0.612. The maximum atomic E-state index is 13.2. The Bertz CT molecular complexity index is 1050. The zero-order chi connectivity index (χ0) is 18.4. The third-order valence-corrected chi connectivity index (χ3v) is 4.55. The molecule has 0 aliphatic heterocycles. The van der Waals surface area contributed by atoms with Crippen LogP contribution in [0, 0.1) is 12.3 Å². The maximum absolute atomic E-state index is 13.2. The molecule has 0 bridgehead atoms. The fourth-order valence-corrected chi connectivity index (χ4v) is 3.27. The topological polar surface area (TPSA) is 31.2 Å². The minimum Gasteiger partial charge on any atom is -0.496 e. The molecular formula is C22H25NO2. The minimum atomic E-state index is 0.0194. The molecule has 0 radical (unpaired) electrons. The molecule has 1 aromatic heterocycles. The van der Waals surface area contributed by atoms with Crippen LogP contribution in [-0.4, -0.2) is 11.7 Å². The SMILES string of the molecule is COc1cc(C)c(/C=C\C(C)(C)C)c2c1c(=O)c1ccccc1n2C. The Balaban J connectivity index is 2.56. The number of methoxy groups -OCH3 is 1. The van der Waals surface area contributed by atoms with E-state index in [0.717, 1.165) is 22.2 Å². The normalized spacial score (nSPS) is 12.4. The molecule has 0 unspecified atom stereocenters. The van der Waals surface area contributed by atoms with Gasteiger partial charge < -0.3 is 9.30 Å². The predicted molar refractivity (Wildman–Crippen MR) is 106 cm³/mol. The molecule has 0 saturated heterocycles. The standard InChI is InChI=1S/C22H25NO2/c1-14-13-18(25-6)19-20(15(14)11-12-22(2,3)4)23(5)17-10-8-7-9-16(17)21(19)24/h7-13H,1-6H3/b12-11-. The van der Waals surface area contributed by atoms with Gasteiger partial charge in [-0.3, -0.25) is 4.79 Å². The number of aromatic nitrogens is 1. The second-order valence-corrected chi connectivity index (χ2v) is 7.64. The van der Waals surface area contributed by atoms with Gasteiger partial charge in [-0.15, -0.1) is 0 Å². The van der Waals surface area contributed by atoms with Crippen LogP contribution < -0.4 is 10.2 Å². The van der Waals surface area contributed by atoms with Crippen LogP contribution in [0.3, 0.4) is 0 Å². The fraction of sp³-hybridized carbons (Fsp3) is 0.318. The van der Waals surface area contributed by atoms with E-state index in [1.165, 1.54) is 0 Å². The summed E-state index contributed by atoms with van der Waals surface area (Å²) in [5.74, 6) is 0.631. The Morgan fingerprint density at radius 1 is 1.16 bits per heavy atom. The van der Waals surface area contributed by atoms with Gasteiger partial charge in [0, 0.05) is 18.0 Å². The van der Waals surface area contributed by atoms with E-state index in [9.17, 15) is 4.79 Å². The van der Waals surface area contributed by atoms with Gasteiger partial charge in [0.15, 0.2) is 0 Å². The lowest BCUT2D eigenvalue weighted by molar-refractivity contribution is 0.419. The summed E-state index contributed by atoms with van der Waals surface area (Å²) >= 11 is 0. The van der Waals surface area contributed by atoms with Crippen LogP contribution in [0.25, 0.3) is 27.9 Å². The van der Waals surface area contributed by atoms with Crippen LogP contribution in [0.4, 0.5) is 0 Å². The van der Waals surface area contributed by atoms with Crippen molar-refractivity contribution in [2.24, 2.45) is 12.5 Å². The number of hydrogen-bond acceptors (Lipinski definition) is 2. The van der Waals surface area contributed by atoms with Crippen molar-refractivity contribution in [2.45, 2.75) is 27.7 Å². The molecule has 0 aliphatic carbocycles. The van der Waals surface area contributed by atoms with E-state index in [0.29, 0.717) is 16.5 Å². The smallest absolute Gasteiger partial charge is 0.200 e. The average molecular weight is 335 g/mol. The number of pyridine rings is 1. The number of allylic oxidation sites excluding steroid dienone is 1. The number of benzene rings is 2. The monoisotopic (exact) mass is 335 g/mol. The van der Waals surface area contributed by atoms with Gasteiger partial charge >= 0.3 is 0 Å². The molecule has 25 heavy (non-hydrogen) atoms. The van der Waals surface area contributed by atoms with Crippen LogP contribution in [-0.2, 0) is 7.05 Å². The summed E-state index contributed by atoms with van der Waals surface area (Å²) < 4.78 is 7.66. The first-order valence-corrected chi connectivity index (χ1v) is 8.53. The number of fused-ring (bicyclic) bond motifs is 2. The molecule has 3 heteroatoms. The molecule has 130 valence electrons. The molecule has 0 N–H and O–H groups in total. The molecule has 0 aliphatic rings. The summed E-state index contributed by atoms with van der Waals surface area (Å²) in [6.07, 6.45) is 4.31. The molecule has 0 amide bonds. The van der Waals surface area contributed by atoms with Gasteiger partial charge in [-0.1, -0.05) is 45.1 Å². The third-order valence-electron chi connectivity index (χ3n) is 4.55. The first-order chi connectivity index (χ1) is 11.7. The van der Waals surface area contributed by atoms with Crippen molar-refractivity contribution in [3.05, 3.63) is 57.8 Å². The second-order valence-electron chi connectivity index (χ2n) is 7.64. The van der Waals surface area contributed by atoms with Gasteiger partial charge in [0.25, 0.3) is 0 Å². The highest BCUT2D eigenvalue weighted by Gasteiger charge is 2.17. The molecule has 0 fully saturated rings. The zero-order valence-electron chi connectivity index (χ0n) is 15.8. The lowest BCUT2D eigenvalue weighted by atomic mass is 9.93. The summed E-state index contributed by atoms with van der Waals surface area (Å²) in [5.41, 5.74) is 4.09. The maximum Gasteiger partial charge on any atom is 0.200 e. The Morgan fingerprint density at radius 2 is 1.84 bits per heavy atom. The summed E-state index contributed by atoms with van der Waals surface area (Å²) in [6.45, 7) is 8.56. The van der Waals surface area contributed by atoms with Crippen molar-refractivity contribution >= 4 is 27.9 Å². The van der Waals surface area contributed by atoms with Crippen LogP contribution >= 0.6 is 0 Å². The van der Waals surface area contributed by atoms with E-state index in [-0.39, 0.29) is 10.8 Å². The molecular weight excluding hydrogens is 310 g/mol. The predicted octanol–water partition coefficient (Wildman–Crippen LogP) is 5.07. The number of para-hydroxylation sites is 1. The van der Waals surface area contributed by atoms with Crippen LogP contribution in [0.2, 0.25) is 0 Å². The Hall–Kier alpha value is -2.55. The average Bonchev–Trinajstić information content (AvgIpc) is 2.56. The molecule has 1 heterocycles. The van der Waals surface area contributed by atoms with Gasteiger partial charge in [0.2, 0.25) is 5.43 Å². The third kappa shape index (κ3) is 2.95. The van der Waals surface area contributed by atoms with Crippen molar-refractivity contribution < 1.29 is 4.74 Å². The van der Waals surface area contributed by atoms with Crippen molar-refractivity contribution in [1.82, 2.24) is 4.57 Å². The Morgan fingerprint density at radius 3 is 2.48 bits per heavy atom. The van der Waals surface area contributed by atoms with E-state index < -0.39 is 0 Å². The molecule has 3 aromatic rings. The van der Waals surface area contributed by atoms with Gasteiger partial charge in [-0.2, -0.15) is 0 Å². The van der Waals surface area contributed by atoms with E-state index in [1.54, 1.807) is 7.11 Å². The van der Waals surface area contributed by atoms with Crippen LogP contribution in [0.15, 0.2) is 41.2 Å². The van der Waals surface area contributed by atoms with Gasteiger partial charge in [-0.05, 0) is 36.1 Å². The molecule has 3 nitrogen and oxygen atoms in total.